The zero-order chi connectivity index (χ0) is 54.9. The van der Waals surface area contributed by atoms with E-state index in [-0.39, 0.29) is 59.8 Å². The van der Waals surface area contributed by atoms with Crippen LogP contribution < -0.4 is 31.9 Å². The molecule has 6 N–H and O–H groups in total. The Bertz CT molecular complexity index is 2450. The predicted molar refractivity (Wildman–Crippen MR) is 277 cm³/mol. The highest BCUT2D eigenvalue weighted by Gasteiger charge is 2.32. The molecule has 3 aromatic rings. The summed E-state index contributed by atoms with van der Waals surface area (Å²) >= 11 is 0. The first kappa shape index (κ1) is 62.7. The van der Waals surface area contributed by atoms with Crippen LogP contribution in [0.15, 0.2) is 111 Å². The summed E-state index contributed by atoms with van der Waals surface area (Å²) in [6, 6.07) is 14.7. The van der Waals surface area contributed by atoms with Crippen LogP contribution in [0.1, 0.15) is 123 Å². The summed E-state index contributed by atoms with van der Waals surface area (Å²) in [5.41, 5.74) is 1.07. The third kappa shape index (κ3) is 22.5. The summed E-state index contributed by atoms with van der Waals surface area (Å²) in [6.07, 6.45) is 4.48. The molecule has 3 aromatic carbocycles. The van der Waals surface area contributed by atoms with Crippen LogP contribution in [0.3, 0.4) is 0 Å². The summed E-state index contributed by atoms with van der Waals surface area (Å²) in [5, 5.41) is 15.1. The first-order chi connectivity index (χ1) is 35.0. The minimum absolute atomic E-state index is 0.0459. The van der Waals surface area contributed by atoms with Gasteiger partial charge in [0.2, 0.25) is 35.4 Å². The van der Waals surface area contributed by atoms with E-state index in [0.29, 0.717) is 24.9 Å². The highest BCUT2D eigenvalue weighted by molar-refractivity contribution is 6.11. The lowest BCUT2D eigenvalue weighted by Crippen LogP contribution is -2.53. The van der Waals surface area contributed by atoms with Gasteiger partial charge in [-0.15, -0.1) is 0 Å². The van der Waals surface area contributed by atoms with Gasteiger partial charge in [-0.2, -0.15) is 0 Å². The molecule has 0 saturated heterocycles. The summed E-state index contributed by atoms with van der Waals surface area (Å²) in [5.74, 6) is -6.47. The van der Waals surface area contributed by atoms with Gasteiger partial charge in [-0.05, 0) is 73.9 Å². The van der Waals surface area contributed by atoms with Crippen LogP contribution >= 0.6 is 0 Å². The minimum Gasteiger partial charge on any atom is -0.467 e. The van der Waals surface area contributed by atoms with Gasteiger partial charge in [0.1, 0.15) is 18.1 Å². The predicted octanol–water partition coefficient (Wildman–Crippen LogP) is 6.76. The molecule has 0 aliphatic carbocycles. The summed E-state index contributed by atoms with van der Waals surface area (Å²) < 4.78 is 9.97. The lowest BCUT2D eigenvalue weighted by atomic mass is 9.99. The highest BCUT2D eigenvalue weighted by Crippen LogP contribution is 2.21. The van der Waals surface area contributed by atoms with E-state index in [1.165, 1.54) is 37.4 Å². The number of esters is 2. The second kappa shape index (κ2) is 34.9. The highest BCUT2D eigenvalue weighted by atomic mass is 16.5. The van der Waals surface area contributed by atoms with Crippen molar-refractivity contribution in [1.82, 2.24) is 16.0 Å². The molecule has 73 heavy (non-hydrogen) atoms. The fraction of sp³-hybridized carbons (Fsp3) is 0.352. The molecule has 0 saturated carbocycles. The number of benzene rings is 3. The molecule has 3 atom stereocenters. The standard InChI is InChI=1S/C34H40N4O8.C18H22N2O5.C2H6/c1-5-9-19-46-34(45)27(21-29(40)23-16-11-13-18-25(23)36-31(42)8-4)38-33(44)26(37-32(43)14-6-2)20-28(39)22-15-10-12-17-24(22)35-30(41)7-3;1-4-8-17(23)20-14(18(24)25-3)11-15(21)12-9-6-7-10-13(12)19-16(22)5-2;1-2/h7-8,10-13,15-18,26-27H,3-6,9,14,19-21H2,1-2H3,(H,35,41)(H,36,42)(H,37,43)(H,38,44);5-7,9-10,14H,2,4,8,11H2,1,3H3,(H,19,22)(H,20,23);1-2H3. The number of ketones is 3. The molecule has 19 heteroatoms. The lowest BCUT2D eigenvalue weighted by Gasteiger charge is -2.23. The molecule has 0 fully saturated rings. The first-order valence-electron chi connectivity index (χ1n) is 23.8. The molecule has 392 valence electrons. The summed E-state index contributed by atoms with van der Waals surface area (Å²) in [4.78, 5) is 138. The first-order valence-corrected chi connectivity index (χ1v) is 23.8. The number of anilines is 3. The van der Waals surface area contributed by atoms with Crippen molar-refractivity contribution in [2.75, 3.05) is 29.7 Å². The Morgan fingerprint density at radius 1 is 0.493 bits per heavy atom. The van der Waals surface area contributed by atoms with Gasteiger partial charge in [-0.3, -0.25) is 43.2 Å². The van der Waals surface area contributed by atoms with E-state index < -0.39 is 89.8 Å². The van der Waals surface area contributed by atoms with Crippen LogP contribution in [-0.4, -0.2) is 96.6 Å². The largest absolute Gasteiger partial charge is 0.467 e. The van der Waals surface area contributed by atoms with Crippen molar-refractivity contribution in [3.63, 3.8) is 0 Å². The Kier molecular flexibility index (Phi) is 29.9. The number of nitrogens with one attached hydrogen (secondary N) is 6. The van der Waals surface area contributed by atoms with Crippen molar-refractivity contribution in [3.8, 4) is 0 Å². The minimum atomic E-state index is -1.49. The monoisotopic (exact) mass is 1010 g/mol. The van der Waals surface area contributed by atoms with Gasteiger partial charge >= 0.3 is 11.9 Å². The number of hydrogen-bond acceptors (Lipinski definition) is 13. The zero-order valence-electron chi connectivity index (χ0n) is 42.4. The third-order valence-corrected chi connectivity index (χ3v) is 9.95. The Balaban J connectivity index is 0.000000831. The van der Waals surface area contributed by atoms with Gasteiger partial charge in [0.15, 0.2) is 17.3 Å². The van der Waals surface area contributed by atoms with Gasteiger partial charge in [0.05, 0.1) is 30.8 Å². The summed E-state index contributed by atoms with van der Waals surface area (Å²) in [6.45, 7) is 19.7. The summed E-state index contributed by atoms with van der Waals surface area (Å²) in [7, 11) is 1.18. The maximum atomic E-state index is 13.6. The molecule has 0 spiro atoms. The molecule has 0 radical (unpaired) electrons. The maximum absolute atomic E-state index is 13.6. The third-order valence-electron chi connectivity index (χ3n) is 9.95. The van der Waals surface area contributed by atoms with Gasteiger partial charge in [-0.1, -0.05) is 97.2 Å². The quantitative estimate of drug-likeness (QED) is 0.0190. The smallest absolute Gasteiger partial charge is 0.329 e. The fourth-order valence-electron chi connectivity index (χ4n) is 6.36. The number of unbranched alkanes of at least 4 members (excludes halogenated alkanes) is 1. The molecule has 0 heterocycles. The van der Waals surface area contributed by atoms with Crippen LogP contribution in [0.2, 0.25) is 0 Å². The average Bonchev–Trinajstić information content (AvgIpc) is 3.38. The van der Waals surface area contributed by atoms with Crippen LogP contribution in [-0.2, 0) is 47.8 Å². The molecule has 0 aromatic heterocycles. The number of carbonyl (C=O) groups excluding carboxylic acids is 11. The van der Waals surface area contributed by atoms with Gasteiger partial charge in [0, 0.05) is 48.8 Å². The number of rotatable bonds is 28. The van der Waals surface area contributed by atoms with Crippen LogP contribution in [0.4, 0.5) is 17.1 Å². The molecule has 19 nitrogen and oxygen atoms in total. The number of methoxy groups -OCH3 is 1. The number of para-hydroxylation sites is 3. The molecule has 3 unspecified atom stereocenters. The fourth-order valence-corrected chi connectivity index (χ4v) is 6.36. The van der Waals surface area contributed by atoms with E-state index in [1.54, 1.807) is 49.4 Å². The van der Waals surface area contributed by atoms with Gasteiger partial charge < -0.3 is 41.4 Å². The van der Waals surface area contributed by atoms with E-state index in [2.05, 4.69) is 56.4 Å². The SMILES string of the molecule is C=CC(=O)Nc1ccccc1C(=O)CC(NC(=O)CCC)C(=O)NC(CC(=O)c1ccccc1NC(=O)C=C)C(=O)OCCCC.C=CC(=O)Nc1ccccc1C(=O)CC(NC(=O)CCC)C(=O)OC.CC. The molecule has 0 bridgehead atoms. The van der Waals surface area contributed by atoms with Gasteiger partial charge in [-0.25, -0.2) is 9.59 Å². The normalized spacial score (nSPS) is 11.2. The van der Waals surface area contributed by atoms with Crippen molar-refractivity contribution in [2.45, 2.75) is 111 Å². The van der Waals surface area contributed by atoms with Crippen LogP contribution in [0.5, 0.6) is 0 Å². The Morgan fingerprint density at radius 2 is 0.836 bits per heavy atom. The van der Waals surface area contributed by atoms with Crippen molar-refractivity contribution in [2.24, 2.45) is 0 Å². The Labute approximate surface area is 426 Å². The number of carbonyl (C=O) groups is 11. The van der Waals surface area contributed by atoms with E-state index >= 15 is 0 Å². The maximum Gasteiger partial charge on any atom is 0.329 e. The molecule has 0 aliphatic heterocycles. The topological polar surface area (TPSA) is 278 Å². The van der Waals surface area contributed by atoms with E-state index in [0.717, 1.165) is 24.6 Å². The second-order valence-corrected chi connectivity index (χ2v) is 15.4. The molecule has 0 aliphatic rings. The van der Waals surface area contributed by atoms with Crippen molar-refractivity contribution in [1.29, 1.82) is 0 Å². The van der Waals surface area contributed by atoms with Crippen LogP contribution in [0, 0.1) is 0 Å². The van der Waals surface area contributed by atoms with Crippen molar-refractivity contribution >= 4 is 81.8 Å². The average molecular weight is 1010 g/mol. The molecule has 6 amide bonds. The van der Waals surface area contributed by atoms with E-state index in [1.807, 2.05) is 27.7 Å². The second-order valence-electron chi connectivity index (χ2n) is 15.4. The van der Waals surface area contributed by atoms with Gasteiger partial charge in [0.25, 0.3) is 0 Å². The van der Waals surface area contributed by atoms with E-state index in [9.17, 15) is 52.7 Å². The van der Waals surface area contributed by atoms with Crippen LogP contribution in [0.25, 0.3) is 0 Å². The Morgan fingerprint density at radius 3 is 1.18 bits per heavy atom. The van der Waals surface area contributed by atoms with Crippen molar-refractivity contribution in [3.05, 3.63) is 127 Å². The number of Topliss-reactive ketones (excluding diaryl/α,β-unsaturated/α-hetero) is 3. The number of ether oxygens (including phenoxy) is 2. The Hall–Kier alpha value is -8.35. The zero-order valence-corrected chi connectivity index (χ0v) is 42.4. The molecular weight excluding hydrogens is 941 g/mol. The number of amides is 6. The molecular formula is C54H68N6O13. The number of hydrogen-bond donors (Lipinski definition) is 6. The lowest BCUT2D eigenvalue weighted by molar-refractivity contribution is -0.148. The van der Waals surface area contributed by atoms with Crippen molar-refractivity contribution < 1.29 is 62.2 Å². The molecule has 3 rings (SSSR count). The van der Waals surface area contributed by atoms with E-state index in [4.69, 9.17) is 4.74 Å².